The van der Waals surface area contributed by atoms with Crippen molar-refractivity contribution in [3.05, 3.63) is 84.8 Å². The van der Waals surface area contributed by atoms with E-state index >= 15 is 0 Å². The Kier molecular flexibility index (Phi) is 4.59. The van der Waals surface area contributed by atoms with Gasteiger partial charge in [0.25, 0.3) is 0 Å². The van der Waals surface area contributed by atoms with Gasteiger partial charge in [-0.05, 0) is 39.4 Å². The van der Waals surface area contributed by atoms with E-state index in [1.165, 1.54) is 27.1 Å². The fraction of sp³-hybridized carbons (Fsp3) is 0.152. The van der Waals surface area contributed by atoms with Gasteiger partial charge in [0.1, 0.15) is 18.0 Å². The molecule has 0 unspecified atom stereocenters. The molecule has 6 nitrogen and oxygen atoms in total. The highest BCUT2D eigenvalue weighted by atomic mass is 14.9. The summed E-state index contributed by atoms with van der Waals surface area (Å²) in [6, 6.07) is 22.0. The first-order valence-electron chi connectivity index (χ1n) is 13.5. The molecular formula is C33H26N6. The van der Waals surface area contributed by atoms with Crippen LogP contribution in [0.2, 0.25) is 0 Å². The van der Waals surface area contributed by atoms with Crippen LogP contribution in [0.15, 0.2) is 73.2 Å². The van der Waals surface area contributed by atoms with Gasteiger partial charge in [0.05, 0.1) is 27.6 Å². The van der Waals surface area contributed by atoms with Crippen molar-refractivity contribution < 1.29 is 0 Å². The number of benzene rings is 5. The fourth-order valence-corrected chi connectivity index (χ4v) is 5.98. The molecule has 188 valence electrons. The summed E-state index contributed by atoms with van der Waals surface area (Å²) in [4.78, 5) is 26.0. The molecule has 3 aromatic heterocycles. The predicted octanol–water partition coefficient (Wildman–Crippen LogP) is 8.19. The molecule has 0 saturated heterocycles. The molecule has 0 bridgehead atoms. The van der Waals surface area contributed by atoms with Crippen molar-refractivity contribution in [1.82, 2.24) is 29.9 Å². The molecule has 0 aliphatic carbocycles. The van der Waals surface area contributed by atoms with Crippen molar-refractivity contribution in [1.29, 1.82) is 0 Å². The van der Waals surface area contributed by atoms with Crippen LogP contribution in [0.3, 0.4) is 0 Å². The summed E-state index contributed by atoms with van der Waals surface area (Å²) >= 11 is 0. The number of nitrogens with zero attached hydrogens (tertiary/aromatic N) is 4. The van der Waals surface area contributed by atoms with Crippen LogP contribution in [0, 0.1) is 0 Å². The third-order valence-electron chi connectivity index (χ3n) is 7.97. The Morgan fingerprint density at radius 1 is 0.667 bits per heavy atom. The van der Waals surface area contributed by atoms with Crippen molar-refractivity contribution in [2.45, 2.75) is 33.1 Å². The number of fused-ring (bicyclic) bond motifs is 12. The normalized spacial score (nSPS) is 12.3. The highest BCUT2D eigenvalue weighted by Gasteiger charge is 2.17. The number of aromatic amines is 2. The topological polar surface area (TPSA) is 83.1 Å². The second-order valence-electron chi connectivity index (χ2n) is 10.6. The Labute approximate surface area is 224 Å². The SMILES string of the molecule is CCc1nc2c3ccccc3c3cc(-c4ccc5c(c4)c4cncnc4c4[nH]c(C(C)C)nc54)ccc3c2[nH]1. The molecule has 0 spiro atoms. The van der Waals surface area contributed by atoms with E-state index < -0.39 is 0 Å². The zero-order chi connectivity index (χ0) is 26.2. The molecule has 0 aliphatic heterocycles. The van der Waals surface area contributed by atoms with Crippen LogP contribution in [-0.4, -0.2) is 29.9 Å². The van der Waals surface area contributed by atoms with Crippen molar-refractivity contribution in [2.24, 2.45) is 0 Å². The van der Waals surface area contributed by atoms with E-state index in [1.807, 2.05) is 6.20 Å². The minimum atomic E-state index is 0.297. The number of H-pyrrole nitrogens is 2. The van der Waals surface area contributed by atoms with Crippen molar-refractivity contribution in [3.8, 4) is 11.1 Å². The van der Waals surface area contributed by atoms with Crippen LogP contribution in [0.5, 0.6) is 0 Å². The van der Waals surface area contributed by atoms with Crippen LogP contribution in [-0.2, 0) is 6.42 Å². The van der Waals surface area contributed by atoms with Gasteiger partial charge < -0.3 is 9.97 Å². The van der Waals surface area contributed by atoms with E-state index in [4.69, 9.17) is 9.97 Å². The van der Waals surface area contributed by atoms with Crippen molar-refractivity contribution in [2.75, 3.05) is 0 Å². The number of imidazole rings is 2. The van der Waals surface area contributed by atoms with Gasteiger partial charge in [0, 0.05) is 40.1 Å². The van der Waals surface area contributed by atoms with Gasteiger partial charge >= 0.3 is 0 Å². The smallest absolute Gasteiger partial charge is 0.116 e. The summed E-state index contributed by atoms with van der Waals surface area (Å²) in [5.41, 5.74) is 7.31. The van der Waals surface area contributed by atoms with Gasteiger partial charge in [-0.15, -0.1) is 0 Å². The largest absolute Gasteiger partial charge is 0.341 e. The highest BCUT2D eigenvalue weighted by Crippen LogP contribution is 2.39. The number of aryl methyl sites for hydroxylation is 1. The highest BCUT2D eigenvalue weighted by molar-refractivity contribution is 6.24. The summed E-state index contributed by atoms with van der Waals surface area (Å²) in [7, 11) is 0. The molecule has 0 atom stereocenters. The van der Waals surface area contributed by atoms with Crippen LogP contribution in [0.25, 0.3) is 76.4 Å². The Morgan fingerprint density at radius 3 is 2.13 bits per heavy atom. The van der Waals surface area contributed by atoms with E-state index in [9.17, 15) is 0 Å². The average Bonchev–Trinajstić information content (AvgIpc) is 3.63. The van der Waals surface area contributed by atoms with Crippen molar-refractivity contribution in [3.63, 3.8) is 0 Å². The molecular weight excluding hydrogens is 480 g/mol. The van der Waals surface area contributed by atoms with Gasteiger partial charge in [-0.1, -0.05) is 69.3 Å². The summed E-state index contributed by atoms with van der Waals surface area (Å²) < 4.78 is 0. The molecule has 5 aromatic carbocycles. The Hall–Kier alpha value is -4.84. The van der Waals surface area contributed by atoms with Crippen LogP contribution >= 0.6 is 0 Å². The molecule has 39 heavy (non-hydrogen) atoms. The molecule has 3 heterocycles. The lowest BCUT2D eigenvalue weighted by Gasteiger charge is -2.11. The zero-order valence-electron chi connectivity index (χ0n) is 22.0. The summed E-state index contributed by atoms with van der Waals surface area (Å²) in [6.07, 6.45) is 4.40. The van der Waals surface area contributed by atoms with Gasteiger partial charge in [-0.25, -0.2) is 19.9 Å². The number of hydrogen-bond acceptors (Lipinski definition) is 4. The van der Waals surface area contributed by atoms with E-state index in [0.29, 0.717) is 5.92 Å². The number of hydrogen-bond donors (Lipinski definition) is 2. The molecule has 0 radical (unpaired) electrons. The second kappa shape index (κ2) is 8.08. The van der Waals surface area contributed by atoms with Crippen LogP contribution in [0.1, 0.15) is 38.3 Å². The molecule has 6 heteroatoms. The molecule has 0 aliphatic rings. The van der Waals surface area contributed by atoms with Crippen LogP contribution in [0.4, 0.5) is 0 Å². The van der Waals surface area contributed by atoms with E-state index in [1.54, 1.807) is 6.33 Å². The van der Waals surface area contributed by atoms with E-state index in [-0.39, 0.29) is 0 Å². The summed E-state index contributed by atoms with van der Waals surface area (Å²) in [5, 5.41) is 8.05. The van der Waals surface area contributed by atoms with Gasteiger partial charge in [-0.3, -0.25) is 0 Å². The maximum atomic E-state index is 4.98. The number of rotatable bonds is 3. The molecule has 8 rings (SSSR count). The lowest BCUT2D eigenvalue weighted by Crippen LogP contribution is -1.88. The Morgan fingerprint density at radius 2 is 1.36 bits per heavy atom. The zero-order valence-corrected chi connectivity index (χ0v) is 22.0. The predicted molar refractivity (Wildman–Crippen MR) is 160 cm³/mol. The quantitative estimate of drug-likeness (QED) is 0.237. The Bertz CT molecular complexity index is 2250. The lowest BCUT2D eigenvalue weighted by atomic mass is 9.94. The second-order valence-corrected chi connectivity index (χ2v) is 10.6. The first-order chi connectivity index (χ1) is 19.1. The van der Waals surface area contributed by atoms with Crippen molar-refractivity contribution >= 4 is 65.3 Å². The number of nitrogens with one attached hydrogen (secondary N) is 2. The first kappa shape index (κ1) is 22.2. The van der Waals surface area contributed by atoms with Gasteiger partial charge in [-0.2, -0.15) is 0 Å². The third-order valence-corrected chi connectivity index (χ3v) is 7.97. The average molecular weight is 507 g/mol. The third kappa shape index (κ3) is 3.15. The molecule has 8 aromatic rings. The molecule has 0 saturated carbocycles. The van der Waals surface area contributed by atoms with E-state index in [0.717, 1.165) is 67.4 Å². The van der Waals surface area contributed by atoms with Gasteiger partial charge in [0.2, 0.25) is 0 Å². The summed E-state index contributed by atoms with van der Waals surface area (Å²) in [6.45, 7) is 6.44. The minimum absolute atomic E-state index is 0.297. The van der Waals surface area contributed by atoms with E-state index in [2.05, 4.69) is 101 Å². The minimum Gasteiger partial charge on any atom is -0.341 e. The molecule has 0 amide bonds. The standard InChI is InChI=1S/C33H26N6/c1-4-27-36-29-21-8-6-5-7-20(21)24-13-18(9-11-22(24)30(29)37-27)19-10-12-23-25(14-19)26-15-34-16-35-28(26)32-31(23)38-33(39-32)17(2)3/h5-17H,4H2,1-3H3,(H,36,37)(H,38,39). The maximum Gasteiger partial charge on any atom is 0.116 e. The number of aromatic nitrogens is 6. The maximum absolute atomic E-state index is 4.98. The lowest BCUT2D eigenvalue weighted by molar-refractivity contribution is 0.799. The summed E-state index contributed by atoms with van der Waals surface area (Å²) in [5.74, 6) is 2.28. The fourth-order valence-electron chi connectivity index (χ4n) is 5.98. The molecule has 2 N–H and O–H groups in total. The Balaban J connectivity index is 1.41. The molecule has 0 fully saturated rings. The monoisotopic (exact) mass is 506 g/mol. The van der Waals surface area contributed by atoms with Crippen LogP contribution < -0.4 is 0 Å². The van der Waals surface area contributed by atoms with Gasteiger partial charge in [0.15, 0.2) is 0 Å². The first-order valence-corrected chi connectivity index (χ1v) is 13.5.